The fourth-order valence-corrected chi connectivity index (χ4v) is 11.1. The molecular formula is C25H37FO2S2. The van der Waals surface area contributed by atoms with Gasteiger partial charge in [-0.1, -0.05) is 38.8 Å². The average Bonchev–Trinajstić information content (AvgIpc) is 2.97. The number of hydrogen-bond donors (Lipinski definition) is 1. The lowest BCUT2D eigenvalue weighted by Crippen LogP contribution is -2.67. The van der Waals surface area contributed by atoms with Crippen LogP contribution in [-0.4, -0.2) is 38.2 Å². The Hall–Kier alpha value is -0.260. The molecule has 0 saturated heterocycles. The quantitative estimate of drug-likeness (QED) is 0.377. The molecular weight excluding hydrogens is 415 g/mol. The van der Waals surface area contributed by atoms with Crippen LogP contribution in [0.25, 0.3) is 0 Å². The predicted octanol–water partition coefficient (Wildman–Crippen LogP) is 6.34. The molecule has 7 atom stereocenters. The first-order valence-electron chi connectivity index (χ1n) is 11.8. The van der Waals surface area contributed by atoms with Gasteiger partial charge >= 0.3 is 0 Å². The summed E-state index contributed by atoms with van der Waals surface area (Å²) in [5, 5.41) is 11.5. The summed E-state index contributed by atoms with van der Waals surface area (Å²) in [6, 6.07) is 0. The smallest absolute Gasteiger partial charge is 0.178 e. The highest BCUT2D eigenvalue weighted by atomic mass is 32.2. The Morgan fingerprint density at radius 3 is 2.67 bits per heavy atom. The topological polar surface area (TPSA) is 37.3 Å². The zero-order valence-electron chi connectivity index (χ0n) is 18.9. The maximum atomic E-state index is 17.1. The van der Waals surface area contributed by atoms with E-state index in [9.17, 15) is 9.90 Å². The molecule has 0 spiro atoms. The maximum absolute atomic E-state index is 17.1. The third kappa shape index (κ3) is 2.97. The number of alkyl halides is 1. The number of hydrogen-bond acceptors (Lipinski definition) is 4. The Kier molecular flexibility index (Phi) is 6.07. The van der Waals surface area contributed by atoms with Crippen molar-refractivity contribution >= 4 is 29.3 Å². The van der Waals surface area contributed by atoms with Gasteiger partial charge in [-0.25, -0.2) is 4.39 Å². The van der Waals surface area contributed by atoms with Gasteiger partial charge in [0.05, 0.1) is 10.2 Å². The molecule has 3 fully saturated rings. The van der Waals surface area contributed by atoms with Crippen LogP contribution < -0.4 is 0 Å². The number of carbonyl (C=O) groups is 1. The van der Waals surface area contributed by atoms with E-state index >= 15 is 4.39 Å². The molecule has 4 rings (SSSR count). The largest absolute Gasteiger partial charge is 0.390 e. The van der Waals surface area contributed by atoms with Crippen molar-refractivity contribution in [2.24, 2.45) is 22.7 Å². The fraction of sp³-hybridized carbons (Fsp3) is 0.800. The van der Waals surface area contributed by atoms with E-state index in [0.717, 1.165) is 42.8 Å². The van der Waals surface area contributed by atoms with E-state index in [2.05, 4.69) is 32.5 Å². The standard InChI is InChI=1S/C25H37FO2S2/c1-5-7-14-30-24(29-6-2)13-11-19-20-9-8-17-15-18(27)10-12-22(17,3)25(20,26)21(28)16-23(19,24)4/h10,12,15,19-21,28H,5-9,11,13-14,16H2,1-4H3/t19-,20-,21-,22-,23-,24?,25-/m0/s1. The molecule has 168 valence electrons. The Bertz CT molecular complexity index is 766. The van der Waals surface area contributed by atoms with Crippen LogP contribution in [-0.2, 0) is 4.79 Å². The Morgan fingerprint density at radius 2 is 1.97 bits per heavy atom. The van der Waals surface area contributed by atoms with Crippen molar-refractivity contribution in [2.75, 3.05) is 11.5 Å². The zero-order chi connectivity index (χ0) is 21.8. The van der Waals surface area contributed by atoms with Gasteiger partial charge in [-0.3, -0.25) is 4.79 Å². The molecule has 2 nitrogen and oxygen atoms in total. The van der Waals surface area contributed by atoms with Crippen molar-refractivity contribution in [3.8, 4) is 0 Å². The second-order valence-corrected chi connectivity index (χ2v) is 13.4. The van der Waals surface area contributed by atoms with Crippen LogP contribution >= 0.6 is 23.5 Å². The molecule has 0 aliphatic heterocycles. The number of fused-ring (bicyclic) bond motifs is 5. The van der Waals surface area contributed by atoms with E-state index < -0.39 is 17.2 Å². The van der Waals surface area contributed by atoms with Crippen LogP contribution in [0.2, 0.25) is 0 Å². The van der Waals surface area contributed by atoms with Crippen molar-refractivity contribution in [3.05, 3.63) is 23.8 Å². The molecule has 0 aromatic carbocycles. The minimum absolute atomic E-state index is 0.0498. The first-order chi connectivity index (χ1) is 14.2. The number of allylic oxidation sites excluding steroid dienone is 4. The number of halogens is 1. The number of aliphatic hydroxyl groups excluding tert-OH is 1. The number of thioether (sulfide) groups is 2. The van der Waals surface area contributed by atoms with Crippen LogP contribution in [0.4, 0.5) is 4.39 Å². The highest BCUT2D eigenvalue weighted by Gasteiger charge is 2.73. The van der Waals surface area contributed by atoms with Gasteiger partial charge in [0.2, 0.25) is 0 Å². The minimum Gasteiger partial charge on any atom is -0.390 e. The van der Waals surface area contributed by atoms with E-state index in [1.807, 2.05) is 18.7 Å². The Morgan fingerprint density at radius 1 is 1.20 bits per heavy atom. The Labute approximate surface area is 189 Å². The van der Waals surface area contributed by atoms with E-state index in [1.165, 1.54) is 18.9 Å². The van der Waals surface area contributed by atoms with E-state index in [-0.39, 0.29) is 27.1 Å². The lowest BCUT2D eigenvalue weighted by Gasteiger charge is -2.63. The van der Waals surface area contributed by atoms with E-state index in [0.29, 0.717) is 6.42 Å². The van der Waals surface area contributed by atoms with E-state index in [4.69, 9.17) is 0 Å². The minimum atomic E-state index is -1.69. The predicted molar refractivity (Wildman–Crippen MR) is 127 cm³/mol. The molecule has 0 aromatic rings. The summed E-state index contributed by atoms with van der Waals surface area (Å²) in [6.45, 7) is 8.73. The molecule has 0 bridgehead atoms. The number of aliphatic hydroxyl groups is 1. The third-order valence-corrected chi connectivity index (χ3v) is 12.7. The van der Waals surface area contributed by atoms with Crippen molar-refractivity contribution in [2.45, 2.75) is 88.5 Å². The first kappa shape index (κ1) is 22.9. The van der Waals surface area contributed by atoms with Crippen LogP contribution in [0.15, 0.2) is 23.8 Å². The number of ketones is 1. The van der Waals surface area contributed by atoms with Crippen molar-refractivity contribution in [1.29, 1.82) is 0 Å². The first-order valence-corrected chi connectivity index (χ1v) is 13.7. The molecule has 30 heavy (non-hydrogen) atoms. The summed E-state index contributed by atoms with van der Waals surface area (Å²) in [5.74, 6) is 2.27. The number of unbranched alkanes of at least 4 members (excludes halogenated alkanes) is 1. The van der Waals surface area contributed by atoms with Gasteiger partial charge in [-0.15, -0.1) is 23.5 Å². The van der Waals surface area contributed by atoms with Crippen LogP contribution in [0.3, 0.4) is 0 Å². The summed E-state index contributed by atoms with van der Waals surface area (Å²) in [5.41, 5.74) is -1.76. The SMILES string of the molecule is CCCCSC1(SCC)CC[C@H]2[C@@H]3CCC4=CC(=O)C=C[C@]4(C)[C@@]3(F)[C@@H](O)C[C@@]21C. The molecule has 4 aliphatic carbocycles. The van der Waals surface area contributed by atoms with Gasteiger partial charge < -0.3 is 5.11 Å². The second-order valence-electron chi connectivity index (χ2n) is 10.2. The number of rotatable bonds is 6. The molecule has 0 aromatic heterocycles. The van der Waals surface area contributed by atoms with Gasteiger partial charge in [0.25, 0.3) is 0 Å². The van der Waals surface area contributed by atoms with Gasteiger partial charge in [-0.05, 0) is 80.4 Å². The molecule has 1 N–H and O–H groups in total. The molecule has 5 heteroatoms. The third-order valence-electron chi connectivity index (χ3n) is 8.90. The van der Waals surface area contributed by atoms with Gasteiger partial charge in [0.1, 0.15) is 0 Å². The molecule has 0 heterocycles. The normalized spacial score (nSPS) is 47.5. The van der Waals surface area contributed by atoms with E-state index in [1.54, 1.807) is 12.2 Å². The zero-order valence-corrected chi connectivity index (χ0v) is 20.5. The lowest BCUT2D eigenvalue weighted by atomic mass is 9.46. The van der Waals surface area contributed by atoms with Crippen LogP contribution in [0.1, 0.15) is 72.6 Å². The van der Waals surface area contributed by atoms with Crippen molar-refractivity contribution in [1.82, 2.24) is 0 Å². The molecule has 4 aliphatic rings. The molecule has 0 radical (unpaired) electrons. The molecule has 3 saturated carbocycles. The highest BCUT2D eigenvalue weighted by Crippen LogP contribution is 2.73. The molecule has 0 amide bonds. The Balaban J connectivity index is 1.73. The van der Waals surface area contributed by atoms with Gasteiger partial charge in [0.15, 0.2) is 11.5 Å². The van der Waals surface area contributed by atoms with Crippen molar-refractivity contribution in [3.63, 3.8) is 0 Å². The van der Waals surface area contributed by atoms with Crippen LogP contribution in [0, 0.1) is 22.7 Å². The maximum Gasteiger partial charge on any atom is 0.178 e. The number of carbonyl (C=O) groups excluding carboxylic acids is 1. The summed E-state index contributed by atoms with van der Waals surface area (Å²) < 4.78 is 17.2. The second kappa shape index (κ2) is 7.95. The lowest BCUT2D eigenvalue weighted by molar-refractivity contribution is -0.189. The summed E-state index contributed by atoms with van der Waals surface area (Å²) in [7, 11) is 0. The van der Waals surface area contributed by atoms with Gasteiger partial charge in [0, 0.05) is 11.3 Å². The summed E-state index contributed by atoms with van der Waals surface area (Å²) >= 11 is 4.13. The molecule has 1 unspecified atom stereocenters. The average molecular weight is 453 g/mol. The summed E-state index contributed by atoms with van der Waals surface area (Å²) in [6.07, 6.45) is 10.5. The monoisotopic (exact) mass is 452 g/mol. The van der Waals surface area contributed by atoms with Crippen LogP contribution in [0.5, 0.6) is 0 Å². The van der Waals surface area contributed by atoms with Crippen molar-refractivity contribution < 1.29 is 14.3 Å². The fourth-order valence-electron chi connectivity index (χ4n) is 7.29. The van der Waals surface area contributed by atoms with Gasteiger partial charge in [-0.2, -0.15) is 0 Å². The summed E-state index contributed by atoms with van der Waals surface area (Å²) in [4.78, 5) is 12.0. The highest BCUT2D eigenvalue weighted by molar-refractivity contribution is 8.18.